The van der Waals surface area contributed by atoms with Gasteiger partial charge in [-0.05, 0) is 32.3 Å². The number of hydrogen-bond acceptors (Lipinski definition) is 6. The van der Waals surface area contributed by atoms with Crippen molar-refractivity contribution in [2.24, 2.45) is 0 Å². The Morgan fingerprint density at radius 3 is 2.74 bits per heavy atom. The van der Waals surface area contributed by atoms with Gasteiger partial charge in [-0.1, -0.05) is 6.08 Å². The molecule has 8 nitrogen and oxygen atoms in total. The predicted octanol–water partition coefficient (Wildman–Crippen LogP) is 1.66. The van der Waals surface area contributed by atoms with Crippen molar-refractivity contribution in [2.75, 3.05) is 32.6 Å². The summed E-state index contributed by atoms with van der Waals surface area (Å²) in [5.41, 5.74) is 1.23. The summed E-state index contributed by atoms with van der Waals surface area (Å²) in [6.45, 7) is 0.203. The fourth-order valence-electron chi connectivity index (χ4n) is 2.68. The van der Waals surface area contributed by atoms with Gasteiger partial charge in [0.25, 0.3) is 0 Å². The molecule has 1 aliphatic rings. The molecule has 0 aliphatic carbocycles. The van der Waals surface area contributed by atoms with Crippen molar-refractivity contribution in [1.29, 1.82) is 5.41 Å². The number of aromatic amines is 1. The van der Waals surface area contributed by atoms with Gasteiger partial charge in [0.15, 0.2) is 17.3 Å². The Labute approximate surface area is 155 Å². The van der Waals surface area contributed by atoms with Crippen molar-refractivity contribution in [2.45, 2.75) is 0 Å². The highest BCUT2D eigenvalue weighted by molar-refractivity contribution is 6.10. The molecule has 1 aliphatic heterocycles. The number of carbonyl (C=O) groups excluding carboxylic acids is 1. The van der Waals surface area contributed by atoms with Gasteiger partial charge in [0, 0.05) is 30.7 Å². The molecule has 3 N–H and O–H groups in total. The van der Waals surface area contributed by atoms with Gasteiger partial charge >= 0.3 is 0 Å². The summed E-state index contributed by atoms with van der Waals surface area (Å²) in [4.78, 5) is 19.7. The number of anilines is 1. The van der Waals surface area contributed by atoms with E-state index >= 15 is 0 Å². The number of hydrogen-bond donors (Lipinski definition) is 3. The number of allylic oxidation sites excluding steroid dienone is 4. The highest BCUT2D eigenvalue weighted by Gasteiger charge is 2.21. The summed E-state index contributed by atoms with van der Waals surface area (Å²) in [6.07, 6.45) is 8.05. The number of carbonyl (C=O) groups is 1. The van der Waals surface area contributed by atoms with Crippen molar-refractivity contribution in [1.82, 2.24) is 25.4 Å². The number of dihydropyridines is 1. The zero-order valence-corrected chi connectivity index (χ0v) is 15.2. The van der Waals surface area contributed by atoms with E-state index in [2.05, 4.69) is 20.5 Å². The molecule has 0 fully saturated rings. The average Bonchev–Trinajstić information content (AvgIpc) is 3.04. The number of halogens is 1. The second kappa shape index (κ2) is 7.50. The summed E-state index contributed by atoms with van der Waals surface area (Å²) in [5.74, 6) is -0.477. The van der Waals surface area contributed by atoms with E-state index in [-0.39, 0.29) is 18.1 Å². The van der Waals surface area contributed by atoms with Crippen molar-refractivity contribution in [3.63, 3.8) is 0 Å². The average molecular weight is 369 g/mol. The van der Waals surface area contributed by atoms with Crippen LogP contribution in [0.2, 0.25) is 0 Å². The van der Waals surface area contributed by atoms with Gasteiger partial charge in [-0.15, -0.1) is 0 Å². The molecular weight excluding hydrogens is 349 g/mol. The fourth-order valence-corrected chi connectivity index (χ4v) is 2.68. The number of H-pyrrole nitrogens is 1. The third-order valence-electron chi connectivity index (χ3n) is 4.03. The molecule has 0 saturated heterocycles. The van der Waals surface area contributed by atoms with Crippen molar-refractivity contribution >= 4 is 34.5 Å². The third-order valence-corrected chi connectivity index (χ3v) is 4.03. The van der Waals surface area contributed by atoms with Crippen LogP contribution in [0.3, 0.4) is 0 Å². The van der Waals surface area contributed by atoms with Crippen LogP contribution in [-0.2, 0) is 4.79 Å². The normalized spacial score (nSPS) is 15.1. The van der Waals surface area contributed by atoms with Crippen LogP contribution >= 0.6 is 0 Å². The van der Waals surface area contributed by atoms with Gasteiger partial charge in [0.1, 0.15) is 5.69 Å². The number of rotatable bonds is 5. The lowest BCUT2D eigenvalue weighted by molar-refractivity contribution is -0.118. The zero-order valence-electron chi connectivity index (χ0n) is 15.2. The molecule has 27 heavy (non-hydrogen) atoms. The smallest absolute Gasteiger partial charge is 0.242 e. The van der Waals surface area contributed by atoms with Crippen LogP contribution < -0.4 is 10.2 Å². The minimum absolute atomic E-state index is 0.0254. The highest BCUT2D eigenvalue weighted by Crippen LogP contribution is 2.27. The summed E-state index contributed by atoms with van der Waals surface area (Å²) in [5, 5.41) is 17.9. The number of nitrogens with zero attached hydrogens (tertiary/aromatic N) is 4. The molecular formula is C18H20FN7O. The first kappa shape index (κ1) is 18.5. The van der Waals surface area contributed by atoms with E-state index in [0.717, 1.165) is 6.21 Å². The molecule has 0 bridgehead atoms. The number of fused-ring (bicyclic) bond motifs is 1. The Balaban J connectivity index is 2.04. The van der Waals surface area contributed by atoms with Crippen LogP contribution in [0.4, 0.5) is 10.2 Å². The molecule has 0 spiro atoms. The maximum atomic E-state index is 14.8. The number of aromatic nitrogens is 3. The largest absolute Gasteiger partial charge is 0.361 e. The number of pyridine rings is 1. The predicted molar refractivity (Wildman–Crippen MR) is 103 cm³/mol. The molecule has 0 unspecified atom stereocenters. The van der Waals surface area contributed by atoms with Crippen molar-refractivity contribution < 1.29 is 9.18 Å². The molecule has 2 aromatic rings. The molecule has 3 heterocycles. The maximum absolute atomic E-state index is 14.8. The molecule has 0 aromatic carbocycles. The standard InChI is InChI=1S/C18H20FN7O/c1-25(2)10-15(27)26(3)18-11-8-13(19)16(22-17(11)23-24-18)12(9-20)14-6-4-5-7-21-14/h4-9,20-21H,10H2,1-3H3,(H,22,23,24)/b14-12+,20-9?. The number of amides is 1. The third kappa shape index (κ3) is 3.63. The first-order valence-corrected chi connectivity index (χ1v) is 8.23. The van der Waals surface area contributed by atoms with Crippen LogP contribution in [-0.4, -0.2) is 59.9 Å². The second-order valence-corrected chi connectivity index (χ2v) is 6.29. The van der Waals surface area contributed by atoms with Gasteiger partial charge in [0.05, 0.1) is 11.9 Å². The van der Waals surface area contributed by atoms with Crippen LogP contribution in [0.1, 0.15) is 5.69 Å². The molecule has 0 saturated carbocycles. The number of nitrogens with one attached hydrogen (secondary N) is 3. The summed E-state index contributed by atoms with van der Waals surface area (Å²) in [7, 11) is 5.16. The molecule has 0 radical (unpaired) electrons. The lowest BCUT2D eigenvalue weighted by Crippen LogP contribution is -2.35. The SMILES string of the molecule is CN(C)CC(=O)N(C)c1n[nH]c2nc(/C(C=N)=C3\C=CC=CN3)c(F)cc12. The van der Waals surface area contributed by atoms with E-state index in [1.807, 2.05) is 0 Å². The Bertz CT molecular complexity index is 987. The van der Waals surface area contributed by atoms with Gasteiger partial charge in [0.2, 0.25) is 5.91 Å². The van der Waals surface area contributed by atoms with Crippen LogP contribution in [0.5, 0.6) is 0 Å². The molecule has 9 heteroatoms. The van der Waals surface area contributed by atoms with Gasteiger partial charge in [-0.2, -0.15) is 5.10 Å². The summed E-state index contributed by atoms with van der Waals surface area (Å²) >= 11 is 0. The first-order chi connectivity index (χ1) is 12.9. The van der Waals surface area contributed by atoms with Crippen LogP contribution in [0, 0.1) is 11.2 Å². The molecule has 0 atom stereocenters. The molecule has 2 aromatic heterocycles. The Kier molecular flexibility index (Phi) is 5.13. The molecule has 3 rings (SSSR count). The van der Waals surface area contributed by atoms with Gasteiger partial charge in [-0.25, -0.2) is 9.37 Å². The van der Waals surface area contributed by atoms with Gasteiger partial charge in [-0.3, -0.25) is 14.8 Å². The summed E-state index contributed by atoms with van der Waals surface area (Å²) in [6, 6.07) is 1.28. The zero-order chi connectivity index (χ0) is 19.6. The Hall–Kier alpha value is -3.33. The minimum Gasteiger partial charge on any atom is -0.361 e. The monoisotopic (exact) mass is 369 g/mol. The van der Waals surface area contributed by atoms with Crippen molar-refractivity contribution in [3.8, 4) is 0 Å². The maximum Gasteiger partial charge on any atom is 0.242 e. The minimum atomic E-state index is -0.602. The van der Waals surface area contributed by atoms with Crippen LogP contribution in [0.15, 0.2) is 36.2 Å². The lowest BCUT2D eigenvalue weighted by atomic mass is 10.1. The van der Waals surface area contributed by atoms with E-state index < -0.39 is 5.82 Å². The van der Waals surface area contributed by atoms with E-state index in [9.17, 15) is 9.18 Å². The summed E-state index contributed by atoms with van der Waals surface area (Å²) < 4.78 is 14.8. The Morgan fingerprint density at radius 2 is 2.11 bits per heavy atom. The highest BCUT2D eigenvalue weighted by atomic mass is 19.1. The fraction of sp³-hybridized carbons (Fsp3) is 0.222. The quantitative estimate of drug-likeness (QED) is 0.696. The van der Waals surface area contributed by atoms with E-state index in [1.165, 1.54) is 11.0 Å². The van der Waals surface area contributed by atoms with E-state index in [0.29, 0.717) is 28.1 Å². The number of likely N-dealkylation sites (N-methyl/N-ethyl adjacent to an activating group) is 2. The first-order valence-electron chi connectivity index (χ1n) is 8.23. The van der Waals surface area contributed by atoms with Crippen molar-refractivity contribution in [3.05, 3.63) is 47.7 Å². The van der Waals surface area contributed by atoms with Crippen LogP contribution in [0.25, 0.3) is 16.6 Å². The van der Waals surface area contributed by atoms with E-state index in [1.54, 1.807) is 50.5 Å². The molecule has 1 amide bonds. The van der Waals surface area contributed by atoms with E-state index in [4.69, 9.17) is 5.41 Å². The molecule has 140 valence electrons. The topological polar surface area (TPSA) is 101 Å². The lowest BCUT2D eigenvalue weighted by Gasteiger charge is -2.17. The second-order valence-electron chi connectivity index (χ2n) is 6.29. The van der Waals surface area contributed by atoms with Gasteiger partial charge < -0.3 is 15.6 Å². The Morgan fingerprint density at radius 1 is 1.33 bits per heavy atom.